The first-order valence-electron chi connectivity index (χ1n) is 7.50. The number of aliphatic hydroxyl groups excluding tert-OH is 1. The highest BCUT2D eigenvalue weighted by atomic mass is 35.5. The van der Waals surface area contributed by atoms with Crippen molar-refractivity contribution >= 4 is 29.1 Å². The van der Waals surface area contributed by atoms with Crippen LogP contribution in [0.5, 0.6) is 0 Å². The van der Waals surface area contributed by atoms with Crippen molar-refractivity contribution in [3.63, 3.8) is 0 Å². The molecule has 1 aliphatic carbocycles. The summed E-state index contributed by atoms with van der Waals surface area (Å²) in [6.45, 7) is 1.84. The average Bonchev–Trinajstić information content (AvgIpc) is 2.50. The minimum absolute atomic E-state index is 0.0303. The van der Waals surface area contributed by atoms with Crippen molar-refractivity contribution < 1.29 is 14.7 Å². The molecule has 6 heteroatoms. The third-order valence-electron chi connectivity index (χ3n) is 4.10. The van der Waals surface area contributed by atoms with Gasteiger partial charge < -0.3 is 15.7 Å². The molecule has 0 aliphatic heterocycles. The minimum atomic E-state index is -0.701. The Morgan fingerprint density at radius 3 is 2.68 bits per heavy atom. The molecule has 22 heavy (non-hydrogen) atoms. The second-order valence-corrected chi connectivity index (χ2v) is 6.16. The molecule has 5 nitrogen and oxygen atoms in total. The first-order valence-corrected chi connectivity index (χ1v) is 7.88. The lowest BCUT2D eigenvalue weighted by Crippen LogP contribution is -2.47. The number of anilines is 1. The average molecular weight is 325 g/mol. The van der Waals surface area contributed by atoms with Crippen LogP contribution in [0.25, 0.3) is 0 Å². The zero-order valence-corrected chi connectivity index (χ0v) is 13.3. The molecule has 1 fully saturated rings. The molecule has 0 radical (unpaired) electrons. The highest BCUT2D eigenvalue weighted by Crippen LogP contribution is 2.24. The summed E-state index contributed by atoms with van der Waals surface area (Å²) in [6, 6.07) is 4.91. The first kappa shape index (κ1) is 16.8. The molecule has 1 saturated carbocycles. The van der Waals surface area contributed by atoms with E-state index in [9.17, 15) is 14.7 Å². The summed E-state index contributed by atoms with van der Waals surface area (Å²) in [4.78, 5) is 24.0. The van der Waals surface area contributed by atoms with E-state index < -0.39 is 11.8 Å². The molecular weight excluding hydrogens is 304 g/mol. The van der Waals surface area contributed by atoms with Crippen molar-refractivity contribution in [3.05, 3.63) is 28.8 Å². The van der Waals surface area contributed by atoms with Crippen LogP contribution in [0.2, 0.25) is 5.02 Å². The van der Waals surface area contributed by atoms with Gasteiger partial charge in [0.1, 0.15) is 0 Å². The third kappa shape index (κ3) is 4.21. The second kappa shape index (κ2) is 7.61. The summed E-state index contributed by atoms with van der Waals surface area (Å²) >= 11 is 5.86. The largest absolute Gasteiger partial charge is 0.396 e. The molecule has 2 unspecified atom stereocenters. The van der Waals surface area contributed by atoms with Crippen LogP contribution in [-0.2, 0) is 9.59 Å². The van der Waals surface area contributed by atoms with Crippen molar-refractivity contribution in [2.75, 3.05) is 11.9 Å². The molecule has 1 aromatic rings. The maximum Gasteiger partial charge on any atom is 0.313 e. The Kier molecular flexibility index (Phi) is 5.80. The number of hydrogen-bond acceptors (Lipinski definition) is 3. The van der Waals surface area contributed by atoms with Crippen LogP contribution in [0.3, 0.4) is 0 Å². The molecule has 1 aromatic carbocycles. The van der Waals surface area contributed by atoms with Gasteiger partial charge in [-0.3, -0.25) is 9.59 Å². The van der Waals surface area contributed by atoms with Gasteiger partial charge in [0.2, 0.25) is 0 Å². The van der Waals surface area contributed by atoms with Gasteiger partial charge in [-0.25, -0.2) is 0 Å². The second-order valence-electron chi connectivity index (χ2n) is 5.72. The fraction of sp³-hybridized carbons (Fsp3) is 0.500. The molecule has 120 valence electrons. The summed E-state index contributed by atoms with van der Waals surface area (Å²) in [5.74, 6) is -1.34. The number of carbonyl (C=O) groups is 2. The van der Waals surface area contributed by atoms with Gasteiger partial charge in [0.05, 0.1) is 0 Å². The predicted octanol–water partition coefficient (Wildman–Crippen LogP) is 2.25. The van der Waals surface area contributed by atoms with E-state index in [1.54, 1.807) is 18.2 Å². The SMILES string of the molecule is Cc1cc(Cl)ccc1NC(=O)C(=O)NC1CCCCC1CO. The quantitative estimate of drug-likeness (QED) is 0.746. The van der Waals surface area contributed by atoms with E-state index in [0.29, 0.717) is 10.7 Å². The highest BCUT2D eigenvalue weighted by molar-refractivity contribution is 6.39. The van der Waals surface area contributed by atoms with E-state index in [0.717, 1.165) is 31.2 Å². The molecule has 0 spiro atoms. The fourth-order valence-electron chi connectivity index (χ4n) is 2.80. The van der Waals surface area contributed by atoms with Gasteiger partial charge in [-0.05, 0) is 43.5 Å². The van der Waals surface area contributed by atoms with E-state index in [4.69, 9.17) is 11.6 Å². The standard InChI is InChI=1S/C16H21ClN2O3/c1-10-8-12(17)6-7-13(10)18-15(21)16(22)19-14-5-3-2-4-11(14)9-20/h6-8,11,14,20H,2-5,9H2,1H3,(H,18,21)(H,19,22). The Hall–Kier alpha value is -1.59. The van der Waals surface area contributed by atoms with E-state index >= 15 is 0 Å². The van der Waals surface area contributed by atoms with Crippen molar-refractivity contribution in [1.29, 1.82) is 0 Å². The van der Waals surface area contributed by atoms with Crippen LogP contribution < -0.4 is 10.6 Å². The van der Waals surface area contributed by atoms with Gasteiger partial charge in [-0.1, -0.05) is 24.4 Å². The van der Waals surface area contributed by atoms with E-state index in [1.165, 1.54) is 0 Å². The molecular formula is C16H21ClN2O3. The smallest absolute Gasteiger partial charge is 0.313 e. The topological polar surface area (TPSA) is 78.4 Å². The Labute approximate surface area is 135 Å². The molecule has 0 saturated heterocycles. The van der Waals surface area contributed by atoms with Gasteiger partial charge in [-0.15, -0.1) is 0 Å². The van der Waals surface area contributed by atoms with Gasteiger partial charge in [0.15, 0.2) is 0 Å². The molecule has 2 atom stereocenters. The van der Waals surface area contributed by atoms with Crippen LogP contribution >= 0.6 is 11.6 Å². The van der Waals surface area contributed by atoms with Crippen molar-refractivity contribution in [3.8, 4) is 0 Å². The van der Waals surface area contributed by atoms with Gasteiger partial charge >= 0.3 is 11.8 Å². The molecule has 0 heterocycles. The maximum absolute atomic E-state index is 12.0. The number of benzene rings is 1. The molecule has 2 amide bonds. The van der Waals surface area contributed by atoms with Gasteiger partial charge in [0.25, 0.3) is 0 Å². The zero-order chi connectivity index (χ0) is 16.1. The lowest BCUT2D eigenvalue weighted by atomic mass is 9.85. The van der Waals surface area contributed by atoms with E-state index in [-0.39, 0.29) is 18.6 Å². The van der Waals surface area contributed by atoms with E-state index in [2.05, 4.69) is 10.6 Å². The molecule has 1 aliphatic rings. The summed E-state index contributed by atoms with van der Waals surface area (Å²) in [6.07, 6.45) is 3.72. The number of halogens is 1. The Bertz CT molecular complexity index is 562. The summed E-state index contributed by atoms with van der Waals surface area (Å²) in [5.41, 5.74) is 1.35. The van der Waals surface area contributed by atoms with Crippen LogP contribution in [0, 0.1) is 12.8 Å². The lowest BCUT2D eigenvalue weighted by Gasteiger charge is -2.30. The fourth-order valence-corrected chi connectivity index (χ4v) is 3.02. The summed E-state index contributed by atoms with van der Waals surface area (Å²) < 4.78 is 0. The van der Waals surface area contributed by atoms with Crippen LogP contribution in [0.1, 0.15) is 31.2 Å². The minimum Gasteiger partial charge on any atom is -0.396 e. The van der Waals surface area contributed by atoms with Crippen molar-refractivity contribution in [2.45, 2.75) is 38.6 Å². The Morgan fingerprint density at radius 1 is 1.27 bits per heavy atom. The number of hydrogen-bond donors (Lipinski definition) is 3. The number of aliphatic hydroxyl groups is 1. The Balaban J connectivity index is 1.95. The van der Waals surface area contributed by atoms with Crippen LogP contribution in [-0.4, -0.2) is 29.6 Å². The highest BCUT2D eigenvalue weighted by Gasteiger charge is 2.27. The van der Waals surface area contributed by atoms with Gasteiger partial charge in [0, 0.05) is 29.3 Å². The van der Waals surface area contributed by atoms with Crippen molar-refractivity contribution in [1.82, 2.24) is 5.32 Å². The van der Waals surface area contributed by atoms with Crippen LogP contribution in [0.15, 0.2) is 18.2 Å². The summed E-state index contributed by atoms with van der Waals surface area (Å²) in [7, 11) is 0. The summed E-state index contributed by atoms with van der Waals surface area (Å²) in [5, 5.41) is 15.2. The number of aryl methyl sites for hydroxylation is 1. The molecule has 3 N–H and O–H groups in total. The molecule has 0 bridgehead atoms. The zero-order valence-electron chi connectivity index (χ0n) is 12.6. The molecule has 0 aromatic heterocycles. The number of rotatable bonds is 3. The third-order valence-corrected chi connectivity index (χ3v) is 4.34. The van der Waals surface area contributed by atoms with Crippen LogP contribution in [0.4, 0.5) is 5.69 Å². The number of nitrogens with one attached hydrogen (secondary N) is 2. The first-order chi connectivity index (χ1) is 10.5. The normalized spacial score (nSPS) is 21.2. The Morgan fingerprint density at radius 2 is 2.00 bits per heavy atom. The maximum atomic E-state index is 12.0. The molecule has 2 rings (SSSR count). The monoisotopic (exact) mass is 324 g/mol. The predicted molar refractivity (Wildman–Crippen MR) is 85.8 cm³/mol. The van der Waals surface area contributed by atoms with Gasteiger partial charge in [-0.2, -0.15) is 0 Å². The number of carbonyl (C=O) groups excluding carboxylic acids is 2. The van der Waals surface area contributed by atoms with Crippen molar-refractivity contribution in [2.24, 2.45) is 5.92 Å². The number of amides is 2. The van der Waals surface area contributed by atoms with E-state index in [1.807, 2.05) is 6.92 Å². The lowest BCUT2D eigenvalue weighted by molar-refractivity contribution is -0.137.